The molecule has 0 aromatic rings. The summed E-state index contributed by atoms with van der Waals surface area (Å²) in [6.07, 6.45) is 1.29. The zero-order valence-corrected chi connectivity index (χ0v) is 12.2. The minimum atomic E-state index is -3.23. The summed E-state index contributed by atoms with van der Waals surface area (Å²) < 4.78 is 10.9. The second-order valence-electron chi connectivity index (χ2n) is 4.41. The third-order valence-electron chi connectivity index (χ3n) is 2.39. The van der Waals surface area contributed by atoms with Gasteiger partial charge in [-0.1, -0.05) is 6.92 Å². The monoisotopic (exact) mass is 294 g/mol. The normalized spacial score (nSPS) is 15.3. The van der Waals surface area contributed by atoms with E-state index in [4.69, 9.17) is 10.6 Å². The molecule has 112 valence electrons. The van der Waals surface area contributed by atoms with E-state index in [0.29, 0.717) is 25.9 Å². The van der Waals surface area contributed by atoms with Gasteiger partial charge in [0.25, 0.3) is 7.52 Å². The zero-order valence-electron chi connectivity index (χ0n) is 11.3. The Morgan fingerprint density at radius 2 is 1.89 bits per heavy atom. The van der Waals surface area contributed by atoms with Gasteiger partial charge in [-0.15, -0.1) is 0 Å². The van der Waals surface area contributed by atoms with Crippen molar-refractivity contribution in [3.05, 3.63) is 0 Å². The quantitative estimate of drug-likeness (QED) is 0.291. The molecule has 0 aliphatic heterocycles. The molecule has 9 heteroatoms. The Morgan fingerprint density at radius 1 is 1.26 bits per heavy atom. The van der Waals surface area contributed by atoms with Crippen LogP contribution in [-0.4, -0.2) is 43.1 Å². The maximum atomic E-state index is 11.6. The van der Waals surface area contributed by atoms with Crippen LogP contribution in [-0.2, 0) is 9.36 Å². The number of carbonyl (C=O) groups is 2. The van der Waals surface area contributed by atoms with Crippen molar-refractivity contribution in [2.24, 2.45) is 11.7 Å². The van der Waals surface area contributed by atoms with Crippen LogP contribution in [0.15, 0.2) is 0 Å². The molecule has 0 saturated carbocycles. The lowest BCUT2D eigenvalue weighted by Crippen LogP contribution is -2.35. The van der Waals surface area contributed by atoms with Crippen LogP contribution in [0.2, 0.25) is 0 Å². The Kier molecular flexibility index (Phi) is 8.38. The molecule has 1 unspecified atom stereocenters. The van der Waals surface area contributed by atoms with Gasteiger partial charge in [-0.3, -0.25) is 9.36 Å². The first-order valence-electron chi connectivity index (χ1n) is 6.09. The molecule has 0 radical (unpaired) electrons. The molecule has 0 spiro atoms. The SMILES string of the molecule is C[C@@H](CCCNC(N)=O)C(=O)NCCNP(C)(=O)O. The number of hydrogen-bond acceptors (Lipinski definition) is 3. The number of nitrogens with two attached hydrogens (primary N) is 1. The molecule has 8 nitrogen and oxygen atoms in total. The van der Waals surface area contributed by atoms with Crippen LogP contribution < -0.4 is 21.5 Å². The van der Waals surface area contributed by atoms with Gasteiger partial charge in [0.15, 0.2) is 0 Å². The molecule has 0 fully saturated rings. The number of hydrogen-bond donors (Lipinski definition) is 5. The van der Waals surface area contributed by atoms with E-state index in [2.05, 4.69) is 15.7 Å². The lowest BCUT2D eigenvalue weighted by Gasteiger charge is -2.13. The second-order valence-corrected chi connectivity index (χ2v) is 6.49. The van der Waals surface area contributed by atoms with Gasteiger partial charge in [0.1, 0.15) is 0 Å². The number of nitrogens with one attached hydrogen (secondary N) is 3. The fourth-order valence-corrected chi connectivity index (χ4v) is 1.90. The highest BCUT2D eigenvalue weighted by molar-refractivity contribution is 7.54. The third kappa shape index (κ3) is 11.7. The Labute approximate surface area is 113 Å². The molecule has 3 amide bonds. The van der Waals surface area contributed by atoms with Gasteiger partial charge in [-0.05, 0) is 12.8 Å². The van der Waals surface area contributed by atoms with Crippen LogP contribution in [0, 0.1) is 5.92 Å². The average molecular weight is 294 g/mol. The molecule has 0 saturated heterocycles. The highest BCUT2D eigenvalue weighted by Crippen LogP contribution is 2.27. The molecular weight excluding hydrogens is 271 g/mol. The molecule has 0 aliphatic rings. The van der Waals surface area contributed by atoms with Crippen molar-refractivity contribution >= 4 is 19.5 Å². The molecule has 0 bridgehead atoms. The number of rotatable bonds is 9. The zero-order chi connectivity index (χ0) is 14.9. The molecule has 0 heterocycles. The summed E-state index contributed by atoms with van der Waals surface area (Å²) in [7, 11) is -3.23. The topological polar surface area (TPSA) is 134 Å². The molecule has 19 heavy (non-hydrogen) atoms. The first-order chi connectivity index (χ1) is 8.72. The summed E-state index contributed by atoms with van der Waals surface area (Å²) in [6.45, 7) is 3.96. The third-order valence-corrected chi connectivity index (χ3v) is 3.20. The van der Waals surface area contributed by atoms with E-state index < -0.39 is 13.6 Å². The van der Waals surface area contributed by atoms with Gasteiger partial charge in [-0.2, -0.15) is 0 Å². The van der Waals surface area contributed by atoms with Gasteiger partial charge in [0.05, 0.1) is 0 Å². The van der Waals surface area contributed by atoms with Crippen LogP contribution in [0.1, 0.15) is 19.8 Å². The summed E-state index contributed by atoms with van der Waals surface area (Å²) in [6, 6.07) is -0.573. The van der Waals surface area contributed by atoms with Crippen LogP contribution in [0.25, 0.3) is 0 Å². The fraction of sp³-hybridized carbons (Fsp3) is 0.800. The van der Waals surface area contributed by atoms with Crippen molar-refractivity contribution in [1.82, 2.24) is 15.7 Å². The van der Waals surface area contributed by atoms with Gasteiger partial charge in [0.2, 0.25) is 5.91 Å². The van der Waals surface area contributed by atoms with Crippen molar-refractivity contribution in [3.63, 3.8) is 0 Å². The minimum Gasteiger partial charge on any atom is -0.355 e. The van der Waals surface area contributed by atoms with Crippen LogP contribution in [0.5, 0.6) is 0 Å². The van der Waals surface area contributed by atoms with Gasteiger partial charge < -0.3 is 21.3 Å². The van der Waals surface area contributed by atoms with E-state index in [1.807, 2.05) is 0 Å². The Morgan fingerprint density at radius 3 is 2.42 bits per heavy atom. The van der Waals surface area contributed by atoms with E-state index >= 15 is 0 Å². The molecule has 0 aromatic heterocycles. The Balaban J connectivity index is 3.65. The average Bonchev–Trinajstić information content (AvgIpc) is 2.28. The van der Waals surface area contributed by atoms with E-state index in [0.717, 1.165) is 0 Å². The highest BCUT2D eigenvalue weighted by Gasteiger charge is 2.12. The number of primary amides is 1. The summed E-state index contributed by atoms with van der Waals surface area (Å²) in [5.41, 5.74) is 4.91. The molecule has 0 rings (SSSR count). The fourth-order valence-electron chi connectivity index (χ4n) is 1.37. The van der Waals surface area contributed by atoms with Crippen molar-refractivity contribution in [1.29, 1.82) is 0 Å². The van der Waals surface area contributed by atoms with E-state index in [-0.39, 0.29) is 18.4 Å². The highest BCUT2D eigenvalue weighted by atomic mass is 31.2. The Bertz CT molecular complexity index is 344. The van der Waals surface area contributed by atoms with Crippen molar-refractivity contribution in [2.75, 3.05) is 26.3 Å². The van der Waals surface area contributed by atoms with Gasteiger partial charge in [-0.25, -0.2) is 9.88 Å². The van der Waals surface area contributed by atoms with Crippen molar-refractivity contribution in [3.8, 4) is 0 Å². The van der Waals surface area contributed by atoms with Gasteiger partial charge in [0, 0.05) is 32.2 Å². The molecular formula is C10H23N4O4P. The maximum Gasteiger partial charge on any atom is 0.312 e. The predicted octanol–water partition coefficient (Wildman–Crippen LogP) is -0.408. The molecule has 0 aromatic carbocycles. The lowest BCUT2D eigenvalue weighted by molar-refractivity contribution is -0.124. The largest absolute Gasteiger partial charge is 0.355 e. The first kappa shape index (κ1) is 17.9. The van der Waals surface area contributed by atoms with Crippen molar-refractivity contribution in [2.45, 2.75) is 19.8 Å². The van der Waals surface area contributed by atoms with E-state index in [9.17, 15) is 14.2 Å². The van der Waals surface area contributed by atoms with Crippen molar-refractivity contribution < 1.29 is 19.0 Å². The van der Waals surface area contributed by atoms with E-state index in [1.54, 1.807) is 6.92 Å². The van der Waals surface area contributed by atoms with Gasteiger partial charge >= 0.3 is 6.03 Å². The number of carbonyl (C=O) groups excluding carboxylic acids is 2. The molecule has 6 N–H and O–H groups in total. The molecule has 2 atom stereocenters. The van der Waals surface area contributed by atoms with E-state index in [1.165, 1.54) is 6.66 Å². The van der Waals surface area contributed by atoms with Crippen LogP contribution in [0.3, 0.4) is 0 Å². The number of amides is 3. The summed E-state index contributed by atoms with van der Waals surface area (Å²) in [5, 5.41) is 7.52. The second kappa shape index (κ2) is 8.90. The molecule has 0 aliphatic carbocycles. The summed E-state index contributed by atoms with van der Waals surface area (Å²) in [4.78, 5) is 31.0. The summed E-state index contributed by atoms with van der Waals surface area (Å²) >= 11 is 0. The standard InChI is InChI=1S/C10H23N4O4P/c1-8(4-3-5-13-10(11)16)9(15)12-6-7-14-19(2,17)18/h8H,3-7H2,1-2H3,(H,12,15)(H3,11,13,16)(H2,14,17,18)/t8-/m0/s1. The maximum absolute atomic E-state index is 11.6. The van der Waals surface area contributed by atoms with Crippen LogP contribution >= 0.6 is 7.52 Å². The van der Waals surface area contributed by atoms with Crippen LogP contribution in [0.4, 0.5) is 4.79 Å². The Hall–Kier alpha value is -1.11. The first-order valence-corrected chi connectivity index (χ1v) is 8.19. The predicted molar refractivity (Wildman–Crippen MR) is 72.7 cm³/mol. The lowest BCUT2D eigenvalue weighted by atomic mass is 10.1. The minimum absolute atomic E-state index is 0.121. The number of urea groups is 1. The smallest absolute Gasteiger partial charge is 0.312 e. The summed E-state index contributed by atoms with van der Waals surface area (Å²) in [5.74, 6) is -0.304.